The largest absolute Gasteiger partial charge is 0.459 e. The summed E-state index contributed by atoms with van der Waals surface area (Å²) in [5.41, 5.74) is 9.77. The van der Waals surface area contributed by atoms with Gasteiger partial charge in [-0.1, -0.05) is 54.0 Å². The molecule has 15 heteroatoms. The first kappa shape index (κ1) is 66.7. The summed E-state index contributed by atoms with van der Waals surface area (Å²) in [6.45, 7) is 22.1. The Morgan fingerprint density at radius 1 is 0.647 bits per heavy atom. The Bertz CT molecular complexity index is 2750. The Labute approximate surface area is 515 Å². The molecule has 2 aromatic carbocycles. The van der Waals surface area contributed by atoms with Crippen molar-refractivity contribution in [3.8, 4) is 0 Å². The highest BCUT2D eigenvalue weighted by atomic mass is 79.9. The van der Waals surface area contributed by atoms with Crippen LogP contribution < -0.4 is 5.32 Å². The molecule has 10 rings (SSSR count). The maximum Gasteiger partial charge on any atom is 0.328 e. The fraction of sp³-hybridized carbons (Fsp3) is 0.657. The molecule has 0 spiro atoms. The van der Waals surface area contributed by atoms with Gasteiger partial charge in [0.05, 0.1) is 24.4 Å². The number of ether oxygens (including phenoxy) is 6. The molecule has 0 bridgehead atoms. The molecule has 2 aromatic heterocycles. The molecule has 4 saturated heterocycles. The van der Waals surface area contributed by atoms with Gasteiger partial charge in [-0.05, 0) is 258 Å². The summed E-state index contributed by atoms with van der Waals surface area (Å²) in [5.74, 6) is 0.0276. The lowest BCUT2D eigenvalue weighted by Crippen LogP contribution is -2.38. The molecule has 8 atom stereocenters. The predicted molar refractivity (Wildman–Crippen MR) is 334 cm³/mol. The minimum atomic E-state index is -0.706. The summed E-state index contributed by atoms with van der Waals surface area (Å²) in [4.78, 5) is 37.2. The van der Waals surface area contributed by atoms with E-state index >= 15 is 0 Å². The lowest BCUT2D eigenvalue weighted by molar-refractivity contribution is -0.161. The first-order valence-electron chi connectivity index (χ1n) is 32.3. The second-order valence-electron chi connectivity index (χ2n) is 26.8. The molecule has 4 aliphatic heterocycles. The number of carbonyl (C=O) groups is 2. The highest BCUT2D eigenvalue weighted by Crippen LogP contribution is 2.40. The van der Waals surface area contributed by atoms with Crippen LogP contribution in [0.3, 0.4) is 0 Å². The number of aromatic nitrogens is 2. The van der Waals surface area contributed by atoms with Gasteiger partial charge in [0.15, 0.2) is 0 Å². The molecular formula is C70H99BrF2N4O8. The third kappa shape index (κ3) is 21.0. The number of hydrogen-bond acceptors (Lipinski definition) is 12. The molecule has 0 saturated carbocycles. The molecule has 4 aromatic rings. The number of halogens is 3. The Kier molecular flexibility index (Phi) is 25.4. The molecule has 0 radical (unpaired) electrons. The van der Waals surface area contributed by atoms with Crippen LogP contribution in [0.2, 0.25) is 0 Å². The molecule has 85 heavy (non-hydrogen) atoms. The number of likely N-dealkylation sites (tertiary alicyclic amines) is 1. The molecule has 6 aliphatic rings. The third-order valence-electron chi connectivity index (χ3n) is 17.0. The third-order valence-corrected chi connectivity index (χ3v) is 17.9. The predicted octanol–water partition coefficient (Wildman–Crippen LogP) is 14.8. The van der Waals surface area contributed by atoms with Crippen LogP contribution in [0, 0.1) is 23.5 Å². The SMILES string of the molecule is CC(C)(C)OC(=O)C(Br)c1cc(F)ccc1[C@@H]1CCCCO1.CC1CCc2ccc(CCCCO[C@@H]3CCN(C(C(=O)OC(C)(C)C)c4cc(F)ccc4[C@@H]4CCCCO4)C3)nc2C1.CC1CCc2ccc(CCCCO[C@@H]3CCNC3)nc2C1. The molecule has 2 aliphatic carbocycles. The summed E-state index contributed by atoms with van der Waals surface area (Å²) < 4.78 is 63.6. The Morgan fingerprint density at radius 3 is 1.67 bits per heavy atom. The van der Waals surface area contributed by atoms with Gasteiger partial charge < -0.3 is 33.7 Å². The van der Waals surface area contributed by atoms with Gasteiger partial charge in [0.25, 0.3) is 0 Å². The molecule has 4 unspecified atom stereocenters. The number of fused-ring (bicyclic) bond motifs is 2. The van der Waals surface area contributed by atoms with Gasteiger partial charge in [-0.2, -0.15) is 0 Å². The summed E-state index contributed by atoms with van der Waals surface area (Å²) in [5, 5.41) is 3.34. The number of aryl methyl sites for hydroxylation is 4. The van der Waals surface area contributed by atoms with Crippen LogP contribution in [0.25, 0.3) is 0 Å². The van der Waals surface area contributed by atoms with E-state index in [4.69, 9.17) is 38.4 Å². The van der Waals surface area contributed by atoms with E-state index in [0.29, 0.717) is 50.1 Å². The maximum atomic E-state index is 14.7. The topological polar surface area (TPSA) is 131 Å². The first-order valence-corrected chi connectivity index (χ1v) is 33.2. The van der Waals surface area contributed by atoms with Crippen molar-refractivity contribution in [2.75, 3.05) is 52.6 Å². The smallest absolute Gasteiger partial charge is 0.328 e. The van der Waals surface area contributed by atoms with Crippen LogP contribution in [-0.2, 0) is 76.5 Å². The molecular weight excluding hydrogens is 1140 g/mol. The molecule has 0 amide bonds. The minimum Gasteiger partial charge on any atom is -0.459 e. The number of benzene rings is 2. The Balaban J connectivity index is 0.000000183. The van der Waals surface area contributed by atoms with E-state index in [2.05, 4.69) is 64.3 Å². The number of pyridine rings is 2. The fourth-order valence-corrected chi connectivity index (χ4v) is 13.0. The standard InChI is InChI=1S/C35H49FN2O4.C18H28N2O.C17H22BrFO3/c1-24-11-12-25-13-15-27(37-31(25)21-24)9-5-7-19-40-28-17-18-38(23-28)33(34(39)42-35(2,3)4)30-22-26(36)14-16-29(30)32-10-6-8-20-41-32;1-14-5-6-15-7-8-16(20-18(15)12-14)4-2-3-11-21-17-9-10-19-13-17;1-17(2,3)22-16(20)15(18)13-10-11(19)7-8-12(13)14-6-4-5-9-21-14/h13-16,22,24,28,32-33H,5-12,17-21,23H2,1-4H3;7-8,14,17,19H,2-6,9-13H2,1H3;7-8,10,14-15H,4-6,9H2,1-3H3/t24?,28-,32+,33?;14?,17-;14-,15?/m110/s1. The number of carbonyl (C=O) groups excluding carboxylic acids is 2. The van der Waals surface area contributed by atoms with E-state index < -0.39 is 28.0 Å². The van der Waals surface area contributed by atoms with Crippen LogP contribution >= 0.6 is 15.9 Å². The molecule has 6 heterocycles. The molecule has 1 N–H and O–H groups in total. The number of nitrogens with one attached hydrogen (secondary N) is 1. The van der Waals surface area contributed by atoms with Crippen molar-refractivity contribution in [1.29, 1.82) is 0 Å². The summed E-state index contributed by atoms with van der Waals surface area (Å²) >= 11 is 3.36. The first-order chi connectivity index (χ1) is 40.7. The van der Waals surface area contributed by atoms with E-state index in [9.17, 15) is 18.4 Å². The summed E-state index contributed by atoms with van der Waals surface area (Å²) in [6.07, 6.45) is 21.8. The van der Waals surface area contributed by atoms with Crippen molar-refractivity contribution >= 4 is 27.9 Å². The Morgan fingerprint density at radius 2 is 1.16 bits per heavy atom. The minimum absolute atomic E-state index is 0.0289. The van der Waals surface area contributed by atoms with E-state index in [1.54, 1.807) is 32.9 Å². The number of unbranched alkanes of at least 4 members (excludes halogenated alkanes) is 2. The van der Waals surface area contributed by atoms with Crippen molar-refractivity contribution in [3.63, 3.8) is 0 Å². The van der Waals surface area contributed by atoms with Gasteiger partial charge in [-0.15, -0.1) is 0 Å². The second-order valence-corrected chi connectivity index (χ2v) is 27.7. The van der Waals surface area contributed by atoms with Crippen LogP contribution in [0.5, 0.6) is 0 Å². The monoisotopic (exact) mass is 1240 g/mol. The van der Waals surface area contributed by atoms with Gasteiger partial charge >= 0.3 is 11.9 Å². The van der Waals surface area contributed by atoms with Crippen molar-refractivity contribution < 1.29 is 46.8 Å². The van der Waals surface area contributed by atoms with E-state index in [0.717, 1.165) is 133 Å². The molecule has 4 fully saturated rings. The van der Waals surface area contributed by atoms with Gasteiger partial charge in [0.2, 0.25) is 0 Å². The second kappa shape index (κ2) is 32.3. The van der Waals surface area contributed by atoms with E-state index in [1.165, 1.54) is 96.7 Å². The van der Waals surface area contributed by atoms with Crippen molar-refractivity contribution in [1.82, 2.24) is 20.2 Å². The zero-order chi connectivity index (χ0) is 60.5. The number of nitrogens with zero attached hydrogens (tertiary/aromatic N) is 3. The van der Waals surface area contributed by atoms with E-state index in [1.807, 2.05) is 20.8 Å². The zero-order valence-corrected chi connectivity index (χ0v) is 54.0. The fourth-order valence-electron chi connectivity index (χ4n) is 12.5. The van der Waals surface area contributed by atoms with Crippen molar-refractivity contribution in [2.45, 2.75) is 230 Å². The number of alkyl halides is 1. The normalized spacial score (nSPS) is 23.3. The zero-order valence-electron chi connectivity index (χ0n) is 52.4. The number of rotatable bonds is 19. The summed E-state index contributed by atoms with van der Waals surface area (Å²) in [6, 6.07) is 17.6. The lowest BCUT2D eigenvalue weighted by atomic mass is 9.88. The quantitative estimate of drug-likeness (QED) is 0.0545. The Hall–Kier alpha value is -4.22. The van der Waals surface area contributed by atoms with Gasteiger partial charge in [0, 0.05) is 68.8 Å². The highest BCUT2D eigenvalue weighted by molar-refractivity contribution is 9.09. The van der Waals surface area contributed by atoms with Gasteiger partial charge in [-0.3, -0.25) is 19.7 Å². The average molecular weight is 1240 g/mol. The van der Waals surface area contributed by atoms with Crippen LogP contribution in [0.4, 0.5) is 8.78 Å². The average Bonchev–Trinajstić information content (AvgIpc) is 2.88. The highest BCUT2D eigenvalue weighted by Gasteiger charge is 2.39. The van der Waals surface area contributed by atoms with Crippen LogP contribution in [-0.4, -0.2) is 103 Å². The molecule has 468 valence electrons. The molecule has 12 nitrogen and oxygen atoms in total. The van der Waals surface area contributed by atoms with Crippen molar-refractivity contribution in [3.05, 3.63) is 128 Å². The maximum absolute atomic E-state index is 14.7. The lowest BCUT2D eigenvalue weighted by Gasteiger charge is -2.33. The number of esters is 2. The van der Waals surface area contributed by atoms with Crippen molar-refractivity contribution in [2.24, 2.45) is 11.8 Å². The van der Waals surface area contributed by atoms with Crippen LogP contribution in [0.15, 0.2) is 60.7 Å². The van der Waals surface area contributed by atoms with Gasteiger partial charge in [0.1, 0.15) is 33.7 Å². The number of hydrogen-bond donors (Lipinski definition) is 1. The van der Waals surface area contributed by atoms with Gasteiger partial charge in [-0.25, -0.2) is 13.6 Å². The van der Waals surface area contributed by atoms with Crippen LogP contribution in [0.1, 0.15) is 225 Å². The van der Waals surface area contributed by atoms with E-state index in [-0.39, 0.29) is 35.9 Å². The summed E-state index contributed by atoms with van der Waals surface area (Å²) in [7, 11) is 0.